The molecule has 1 N–H and O–H groups in total. The Morgan fingerprint density at radius 1 is 1.50 bits per heavy atom. The molecular weight excluding hydrogens is 184 g/mol. The van der Waals surface area contributed by atoms with Crippen LogP contribution in [0, 0.1) is 0 Å². The Kier molecular flexibility index (Phi) is 1.17. The molecule has 2 atom stereocenters. The van der Waals surface area contributed by atoms with E-state index in [1.54, 1.807) is 12.1 Å². The van der Waals surface area contributed by atoms with Crippen molar-refractivity contribution in [3.8, 4) is 11.5 Å². The first-order chi connectivity index (χ1) is 6.61. The molecule has 0 amide bonds. The van der Waals surface area contributed by atoms with Gasteiger partial charge in [-0.05, 0) is 19.1 Å². The summed E-state index contributed by atoms with van der Waals surface area (Å²) >= 11 is 0. The van der Waals surface area contributed by atoms with Crippen molar-refractivity contribution >= 4 is 5.97 Å². The first kappa shape index (κ1) is 7.82. The van der Waals surface area contributed by atoms with Crippen molar-refractivity contribution < 1.29 is 19.4 Å². The first-order valence-corrected chi connectivity index (χ1v) is 4.34. The fourth-order valence-electron chi connectivity index (χ4n) is 1.86. The maximum atomic E-state index is 11.3. The zero-order chi connectivity index (χ0) is 9.92. The molecule has 1 fully saturated rings. The minimum absolute atomic E-state index is 0.0826. The van der Waals surface area contributed by atoms with Gasteiger partial charge in [-0.2, -0.15) is 0 Å². The van der Waals surface area contributed by atoms with Gasteiger partial charge in [-0.15, -0.1) is 0 Å². The number of aromatic hydroxyl groups is 1. The van der Waals surface area contributed by atoms with Gasteiger partial charge in [0.25, 0.3) is 0 Å². The fraction of sp³-hybridized carbons (Fsp3) is 0.300. The van der Waals surface area contributed by atoms with Crippen LogP contribution in [0.4, 0.5) is 0 Å². The Balaban J connectivity index is 2.20. The lowest BCUT2D eigenvalue weighted by Crippen LogP contribution is -2.27. The van der Waals surface area contributed by atoms with Crippen LogP contribution in [0.1, 0.15) is 12.5 Å². The summed E-state index contributed by atoms with van der Waals surface area (Å²) in [5.74, 6) is 0.0936. The van der Waals surface area contributed by atoms with Crippen LogP contribution in [0.5, 0.6) is 11.5 Å². The van der Waals surface area contributed by atoms with Crippen molar-refractivity contribution in [1.82, 2.24) is 0 Å². The largest absolute Gasteiger partial charge is 0.508 e. The quantitative estimate of drug-likeness (QED) is 0.377. The van der Waals surface area contributed by atoms with E-state index >= 15 is 0 Å². The number of ether oxygens (including phenoxy) is 2. The van der Waals surface area contributed by atoms with E-state index in [-0.39, 0.29) is 11.7 Å². The van der Waals surface area contributed by atoms with Crippen LogP contribution in [0.3, 0.4) is 0 Å². The van der Waals surface area contributed by atoms with E-state index in [1.807, 2.05) is 6.92 Å². The summed E-state index contributed by atoms with van der Waals surface area (Å²) in [5, 5.41) is 9.23. The van der Waals surface area contributed by atoms with E-state index in [2.05, 4.69) is 0 Å². The van der Waals surface area contributed by atoms with Gasteiger partial charge in [0.15, 0.2) is 6.10 Å². The average Bonchev–Trinajstić information content (AvgIpc) is 2.79. The number of phenolic OH excluding ortho intramolecular Hbond substituents is 1. The number of carbonyl (C=O) groups excluding carboxylic acids is 1. The zero-order valence-corrected chi connectivity index (χ0v) is 7.48. The standard InChI is InChI=1S/C10H8O4/c1-10-6-3-2-5(11)4-7(6)13-9(12)8(10)14-10/h2-4,8,11H,1H3. The third kappa shape index (κ3) is 0.786. The maximum absolute atomic E-state index is 11.3. The molecule has 4 nitrogen and oxygen atoms in total. The predicted molar refractivity (Wildman–Crippen MR) is 46.0 cm³/mol. The third-order valence-electron chi connectivity index (χ3n) is 2.73. The summed E-state index contributed by atoms with van der Waals surface area (Å²) < 4.78 is 10.3. The molecule has 0 radical (unpaired) electrons. The number of esters is 1. The molecule has 0 saturated carbocycles. The third-order valence-corrected chi connectivity index (χ3v) is 2.73. The molecule has 2 heterocycles. The van der Waals surface area contributed by atoms with Gasteiger partial charge in [0.05, 0.1) is 0 Å². The first-order valence-electron chi connectivity index (χ1n) is 4.34. The molecule has 4 heteroatoms. The van der Waals surface area contributed by atoms with Gasteiger partial charge in [-0.3, -0.25) is 0 Å². The molecule has 14 heavy (non-hydrogen) atoms. The smallest absolute Gasteiger partial charge is 0.344 e. The van der Waals surface area contributed by atoms with E-state index in [9.17, 15) is 9.90 Å². The monoisotopic (exact) mass is 192 g/mol. The Bertz CT molecular complexity index is 440. The maximum Gasteiger partial charge on any atom is 0.344 e. The Morgan fingerprint density at radius 2 is 2.29 bits per heavy atom. The second-order valence-corrected chi connectivity index (χ2v) is 3.71. The number of hydrogen-bond donors (Lipinski definition) is 1. The Morgan fingerprint density at radius 3 is 3.07 bits per heavy atom. The van der Waals surface area contributed by atoms with Crippen molar-refractivity contribution in [1.29, 1.82) is 0 Å². The molecule has 2 aliphatic heterocycles. The van der Waals surface area contributed by atoms with Gasteiger partial charge < -0.3 is 14.6 Å². The highest BCUT2D eigenvalue weighted by Gasteiger charge is 2.63. The van der Waals surface area contributed by atoms with Crippen molar-refractivity contribution in [3.05, 3.63) is 23.8 Å². The van der Waals surface area contributed by atoms with Crippen molar-refractivity contribution in [2.24, 2.45) is 0 Å². The lowest BCUT2D eigenvalue weighted by Gasteiger charge is -2.17. The van der Waals surface area contributed by atoms with Crippen molar-refractivity contribution in [2.75, 3.05) is 0 Å². The summed E-state index contributed by atoms with van der Waals surface area (Å²) in [5.41, 5.74) is 0.276. The highest BCUT2D eigenvalue weighted by Crippen LogP contribution is 2.53. The molecule has 2 aliphatic rings. The predicted octanol–water partition coefficient (Wildman–Crippen LogP) is 0.925. The van der Waals surface area contributed by atoms with Crippen LogP contribution in [0.25, 0.3) is 0 Å². The topological polar surface area (TPSA) is 59.1 Å². The number of hydrogen-bond acceptors (Lipinski definition) is 4. The normalized spacial score (nSPS) is 32.9. The van der Waals surface area contributed by atoms with Crippen molar-refractivity contribution in [2.45, 2.75) is 18.6 Å². The van der Waals surface area contributed by atoms with E-state index in [0.717, 1.165) is 5.56 Å². The molecule has 1 aromatic rings. The van der Waals surface area contributed by atoms with Gasteiger partial charge in [0.1, 0.15) is 17.1 Å². The summed E-state index contributed by atoms with van der Waals surface area (Å²) in [4.78, 5) is 11.3. The Labute approximate surface area is 80.1 Å². The number of fused-ring (bicyclic) bond motifs is 3. The minimum Gasteiger partial charge on any atom is -0.508 e. The fourth-order valence-corrected chi connectivity index (χ4v) is 1.86. The summed E-state index contributed by atoms with van der Waals surface area (Å²) in [7, 11) is 0. The van der Waals surface area contributed by atoms with Crippen LogP contribution in [-0.2, 0) is 15.1 Å². The molecule has 2 unspecified atom stereocenters. The SMILES string of the molecule is CC12OC1C(=O)Oc1cc(O)ccc12. The molecule has 1 aromatic carbocycles. The second kappa shape index (κ2) is 2.09. The lowest BCUT2D eigenvalue weighted by molar-refractivity contribution is -0.136. The molecule has 1 saturated heterocycles. The second-order valence-electron chi connectivity index (χ2n) is 3.71. The number of epoxide rings is 1. The Hall–Kier alpha value is -1.55. The average molecular weight is 192 g/mol. The minimum atomic E-state index is -0.543. The van der Waals surface area contributed by atoms with Crippen molar-refractivity contribution in [3.63, 3.8) is 0 Å². The van der Waals surface area contributed by atoms with Gasteiger partial charge in [-0.1, -0.05) is 0 Å². The molecule has 3 rings (SSSR count). The molecular formula is C10H8O4. The molecule has 0 bridgehead atoms. The van der Waals surface area contributed by atoms with Gasteiger partial charge in [-0.25, -0.2) is 4.79 Å². The van der Waals surface area contributed by atoms with Gasteiger partial charge in [0, 0.05) is 11.6 Å². The van der Waals surface area contributed by atoms with Crippen LogP contribution < -0.4 is 4.74 Å². The number of rotatable bonds is 0. The van der Waals surface area contributed by atoms with E-state index < -0.39 is 11.7 Å². The van der Waals surface area contributed by atoms with E-state index in [1.165, 1.54) is 6.07 Å². The highest BCUT2D eigenvalue weighted by molar-refractivity contribution is 5.85. The number of phenols is 1. The number of carbonyl (C=O) groups is 1. The van der Waals surface area contributed by atoms with Gasteiger partial charge in [0.2, 0.25) is 0 Å². The van der Waals surface area contributed by atoms with Crippen LogP contribution in [-0.4, -0.2) is 17.2 Å². The molecule has 72 valence electrons. The number of benzene rings is 1. The molecule has 0 aromatic heterocycles. The molecule has 0 aliphatic carbocycles. The molecule has 0 spiro atoms. The van der Waals surface area contributed by atoms with Gasteiger partial charge >= 0.3 is 5.97 Å². The summed E-state index contributed by atoms with van der Waals surface area (Å²) in [6.45, 7) is 1.84. The van der Waals surface area contributed by atoms with E-state index in [4.69, 9.17) is 9.47 Å². The van der Waals surface area contributed by atoms with Crippen LogP contribution in [0.2, 0.25) is 0 Å². The lowest BCUT2D eigenvalue weighted by atomic mass is 9.94. The van der Waals surface area contributed by atoms with Crippen LogP contribution in [0.15, 0.2) is 18.2 Å². The van der Waals surface area contributed by atoms with Crippen LogP contribution >= 0.6 is 0 Å². The zero-order valence-electron chi connectivity index (χ0n) is 7.48. The summed E-state index contributed by atoms with van der Waals surface area (Å²) in [6.07, 6.45) is -0.473. The highest BCUT2D eigenvalue weighted by atomic mass is 16.7. The van der Waals surface area contributed by atoms with E-state index in [0.29, 0.717) is 5.75 Å². The summed E-state index contributed by atoms with van der Waals surface area (Å²) in [6, 6.07) is 4.70.